The highest BCUT2D eigenvalue weighted by Crippen LogP contribution is 2.48. The summed E-state index contributed by atoms with van der Waals surface area (Å²) in [7, 11) is 0. The average molecular weight is 793 g/mol. The van der Waals surface area contributed by atoms with Gasteiger partial charge in [-0.1, -0.05) is 140 Å². The molecule has 0 spiro atoms. The van der Waals surface area contributed by atoms with E-state index in [0.717, 1.165) is 43.9 Å². The number of rotatable bonds is 4. The molecule has 282 valence electrons. The maximum absolute atomic E-state index is 5.36. The summed E-state index contributed by atoms with van der Waals surface area (Å²) in [6, 6.07) is 70.4. The van der Waals surface area contributed by atoms with Crippen molar-refractivity contribution in [3.05, 3.63) is 194 Å². The fourth-order valence-electron chi connectivity index (χ4n) is 10.2. The Morgan fingerprint density at radius 2 is 1.05 bits per heavy atom. The zero-order chi connectivity index (χ0) is 39.8. The molecule has 61 heavy (non-hydrogen) atoms. The summed E-state index contributed by atoms with van der Waals surface area (Å²) in [6.07, 6.45) is 0. The number of fused-ring (bicyclic) bond motifs is 15. The third-order valence-corrected chi connectivity index (χ3v) is 14.0. The maximum Gasteiger partial charge on any atom is 0.160 e. The molecule has 5 aromatic heterocycles. The fraction of sp³-hybridized carbons (Fsp3) is 0. The van der Waals surface area contributed by atoms with Crippen molar-refractivity contribution in [1.82, 2.24) is 18.9 Å². The first-order valence-electron chi connectivity index (χ1n) is 20.7. The van der Waals surface area contributed by atoms with Gasteiger partial charge in [-0.3, -0.25) is 0 Å². The molecule has 0 amide bonds. The van der Waals surface area contributed by atoms with E-state index >= 15 is 0 Å². The van der Waals surface area contributed by atoms with Crippen LogP contribution in [0.2, 0.25) is 0 Å². The van der Waals surface area contributed by atoms with Gasteiger partial charge < -0.3 is 8.97 Å². The molecule has 0 aliphatic carbocycles. The van der Waals surface area contributed by atoms with Crippen molar-refractivity contribution >= 4 is 102 Å². The van der Waals surface area contributed by atoms with E-state index in [-0.39, 0.29) is 0 Å². The predicted molar refractivity (Wildman–Crippen MR) is 258 cm³/mol. The molecule has 5 heterocycles. The molecule has 0 aliphatic rings. The SMILES string of the molecule is c1ccc(-c2ccc(-c3nc(-c4ccc(-n5c6ccccc6c6cc7c8c9ccccc9ccc8n8c9ccccc9c(c65)c78)cc4)nc4c3sc3ccccc34)cc2)cc1. The number of thiophene rings is 1. The van der Waals surface area contributed by atoms with Crippen molar-refractivity contribution in [3.8, 4) is 39.5 Å². The zero-order valence-electron chi connectivity index (χ0n) is 32.7. The summed E-state index contributed by atoms with van der Waals surface area (Å²) < 4.78 is 7.29. The Bertz CT molecular complexity index is 4080. The topological polar surface area (TPSA) is 35.1 Å². The summed E-state index contributed by atoms with van der Waals surface area (Å²) in [5.74, 6) is 0.720. The van der Waals surface area contributed by atoms with Crippen LogP contribution in [0.1, 0.15) is 0 Å². The van der Waals surface area contributed by atoms with Gasteiger partial charge in [0.1, 0.15) is 0 Å². The van der Waals surface area contributed by atoms with Gasteiger partial charge >= 0.3 is 0 Å². The monoisotopic (exact) mass is 792 g/mol. The van der Waals surface area contributed by atoms with E-state index in [2.05, 4.69) is 203 Å². The smallest absolute Gasteiger partial charge is 0.160 e. The standard InChI is InChI=1S/C56H32N4S/c1-2-12-33(13-3-1)34-22-24-36(25-23-34)51-55-52(42-18-8-11-21-48(42)61-55)58-56(57-51)37-26-29-38(30-27-37)59-45-19-9-6-16-40(45)43-32-44-49-39-15-5-4-14-35(39)28-31-47(49)60-46-20-10-7-17-41(46)50(53(43)59)54(44)60/h1-32H. The molecule has 5 heteroatoms. The van der Waals surface area contributed by atoms with Crippen LogP contribution in [0.3, 0.4) is 0 Å². The van der Waals surface area contributed by atoms with Crippen molar-refractivity contribution in [2.45, 2.75) is 0 Å². The lowest BCUT2D eigenvalue weighted by Crippen LogP contribution is -1.96. The van der Waals surface area contributed by atoms with Crippen LogP contribution in [0.15, 0.2) is 194 Å². The van der Waals surface area contributed by atoms with Crippen LogP contribution >= 0.6 is 11.3 Å². The van der Waals surface area contributed by atoms with Crippen LogP contribution in [0.25, 0.3) is 130 Å². The minimum Gasteiger partial charge on any atom is -0.309 e. The largest absolute Gasteiger partial charge is 0.309 e. The lowest BCUT2D eigenvalue weighted by atomic mass is 10.00. The Kier molecular flexibility index (Phi) is 6.68. The Morgan fingerprint density at radius 1 is 0.393 bits per heavy atom. The van der Waals surface area contributed by atoms with E-state index in [0.29, 0.717) is 0 Å². The number of aromatic nitrogens is 4. The van der Waals surface area contributed by atoms with Crippen molar-refractivity contribution < 1.29 is 0 Å². The highest BCUT2D eigenvalue weighted by Gasteiger charge is 2.25. The lowest BCUT2D eigenvalue weighted by Gasteiger charge is -2.11. The van der Waals surface area contributed by atoms with Crippen molar-refractivity contribution in [2.24, 2.45) is 0 Å². The van der Waals surface area contributed by atoms with Crippen LogP contribution < -0.4 is 0 Å². The van der Waals surface area contributed by atoms with E-state index < -0.39 is 0 Å². The summed E-state index contributed by atoms with van der Waals surface area (Å²) in [5.41, 5.74) is 13.7. The molecule has 0 saturated carbocycles. The third kappa shape index (κ3) is 4.58. The van der Waals surface area contributed by atoms with Gasteiger partial charge in [0.05, 0.1) is 43.5 Å². The molecule has 0 aliphatic heterocycles. The van der Waals surface area contributed by atoms with E-state index in [1.165, 1.54) is 86.5 Å². The van der Waals surface area contributed by atoms with Gasteiger partial charge in [-0.2, -0.15) is 0 Å². The molecule has 14 rings (SSSR count). The molecule has 9 aromatic carbocycles. The van der Waals surface area contributed by atoms with Crippen LogP contribution in [-0.4, -0.2) is 18.9 Å². The molecule has 0 fully saturated rings. The highest BCUT2D eigenvalue weighted by atomic mass is 32.1. The third-order valence-electron chi connectivity index (χ3n) is 12.9. The molecule has 14 aromatic rings. The Morgan fingerprint density at radius 3 is 1.89 bits per heavy atom. The fourth-order valence-corrected chi connectivity index (χ4v) is 11.3. The molecule has 0 radical (unpaired) electrons. The minimum absolute atomic E-state index is 0.720. The predicted octanol–water partition coefficient (Wildman–Crippen LogP) is 15.2. The number of hydrogen-bond acceptors (Lipinski definition) is 3. The van der Waals surface area contributed by atoms with E-state index in [1.54, 1.807) is 11.3 Å². The molecule has 0 saturated heterocycles. The second-order valence-electron chi connectivity index (χ2n) is 16.1. The average Bonchev–Trinajstić information content (AvgIpc) is 4.07. The Balaban J connectivity index is 0.992. The van der Waals surface area contributed by atoms with Crippen molar-refractivity contribution in [1.29, 1.82) is 0 Å². The number of benzene rings is 9. The van der Waals surface area contributed by atoms with Crippen LogP contribution in [0, 0.1) is 0 Å². The number of para-hydroxylation sites is 2. The molecule has 0 atom stereocenters. The van der Waals surface area contributed by atoms with E-state index in [9.17, 15) is 0 Å². The molecule has 0 bridgehead atoms. The molecular weight excluding hydrogens is 761 g/mol. The van der Waals surface area contributed by atoms with Crippen LogP contribution in [0.5, 0.6) is 0 Å². The van der Waals surface area contributed by atoms with Gasteiger partial charge in [0.25, 0.3) is 0 Å². The first-order valence-corrected chi connectivity index (χ1v) is 21.6. The second kappa shape index (κ2) is 12.3. The lowest BCUT2D eigenvalue weighted by molar-refractivity contribution is 1.18. The molecule has 0 unspecified atom stereocenters. The van der Waals surface area contributed by atoms with Gasteiger partial charge in [-0.25, -0.2) is 9.97 Å². The zero-order valence-corrected chi connectivity index (χ0v) is 33.5. The summed E-state index contributed by atoms with van der Waals surface area (Å²) in [5, 5.41) is 11.4. The molecule has 4 nitrogen and oxygen atoms in total. The van der Waals surface area contributed by atoms with Crippen molar-refractivity contribution in [3.63, 3.8) is 0 Å². The number of nitrogens with zero attached hydrogens (tertiary/aromatic N) is 4. The van der Waals surface area contributed by atoms with Crippen molar-refractivity contribution in [2.75, 3.05) is 0 Å². The van der Waals surface area contributed by atoms with Gasteiger partial charge in [-0.15, -0.1) is 11.3 Å². The summed E-state index contributed by atoms with van der Waals surface area (Å²) >= 11 is 1.77. The minimum atomic E-state index is 0.720. The first-order chi connectivity index (χ1) is 30.3. The summed E-state index contributed by atoms with van der Waals surface area (Å²) in [4.78, 5) is 10.7. The van der Waals surface area contributed by atoms with Gasteiger partial charge in [0, 0.05) is 59.2 Å². The van der Waals surface area contributed by atoms with E-state index in [4.69, 9.17) is 9.97 Å². The highest BCUT2D eigenvalue weighted by molar-refractivity contribution is 7.26. The Labute approximate surface area is 353 Å². The van der Waals surface area contributed by atoms with E-state index in [1.807, 2.05) is 0 Å². The molecule has 0 N–H and O–H groups in total. The quantitative estimate of drug-likeness (QED) is 0.178. The summed E-state index contributed by atoms with van der Waals surface area (Å²) in [6.45, 7) is 0. The van der Waals surface area contributed by atoms with Crippen LogP contribution in [-0.2, 0) is 0 Å². The normalized spacial score (nSPS) is 12.3. The van der Waals surface area contributed by atoms with Crippen LogP contribution in [0.4, 0.5) is 0 Å². The van der Waals surface area contributed by atoms with Gasteiger partial charge in [-0.05, 0) is 76.5 Å². The molecular formula is C56H32N4S. The maximum atomic E-state index is 5.36. The van der Waals surface area contributed by atoms with Gasteiger partial charge in [0.2, 0.25) is 0 Å². The second-order valence-corrected chi connectivity index (χ2v) is 17.1. The Hall–Kier alpha value is -7.86. The van der Waals surface area contributed by atoms with Gasteiger partial charge in [0.15, 0.2) is 5.82 Å². The number of hydrogen-bond donors (Lipinski definition) is 0. The first kappa shape index (κ1) is 33.0.